The largest absolute Gasteiger partial charge is 0.479 e. The van der Waals surface area contributed by atoms with Gasteiger partial charge >= 0.3 is 12.1 Å². The smallest absolute Gasteiger partial charge is 0.410 e. The number of hydrogen-bond acceptors (Lipinski definition) is 5. The van der Waals surface area contributed by atoms with E-state index in [-0.39, 0.29) is 19.1 Å². The lowest BCUT2D eigenvalue weighted by Gasteiger charge is -2.38. The molecule has 3 aliphatic rings. The maximum absolute atomic E-state index is 13.4. The summed E-state index contributed by atoms with van der Waals surface area (Å²) in [5, 5.41) is 9.55. The molecule has 178 valence electrons. The van der Waals surface area contributed by atoms with Crippen LogP contribution in [0.1, 0.15) is 22.6 Å². The molecule has 1 amide bonds. The zero-order chi connectivity index (χ0) is 23.9. The number of carboxylic acids is 1. The zero-order valence-electron chi connectivity index (χ0n) is 18.9. The number of morpholine rings is 1. The number of fused-ring (bicyclic) bond motifs is 5. The summed E-state index contributed by atoms with van der Waals surface area (Å²) in [6.07, 6.45) is -2.68. The lowest BCUT2D eigenvalue weighted by atomic mass is 9.98. The highest BCUT2D eigenvalue weighted by molar-refractivity contribution is 5.79. The van der Waals surface area contributed by atoms with Crippen LogP contribution in [-0.4, -0.2) is 59.8 Å². The number of carboxylic acid groups (broad SMARTS) is 1. The SMILES string of the molecule is O=C(O)[C@@H]1O[C@@H]2O[C@H]1CN(C(=O)OCC1c3ccccc3-c3ccccc31)[C@@H]2Cc1ccccc1. The molecule has 2 fully saturated rings. The quantitative estimate of drug-likeness (QED) is 0.604. The van der Waals surface area contributed by atoms with E-state index in [9.17, 15) is 14.7 Å². The molecule has 0 unspecified atom stereocenters. The van der Waals surface area contributed by atoms with Crippen LogP contribution in [0.25, 0.3) is 11.1 Å². The van der Waals surface area contributed by atoms with Crippen molar-refractivity contribution in [3.05, 3.63) is 95.6 Å². The predicted octanol–water partition coefficient (Wildman–Crippen LogP) is 4.06. The number of benzene rings is 3. The van der Waals surface area contributed by atoms with E-state index in [0.29, 0.717) is 6.42 Å². The Labute approximate surface area is 202 Å². The number of aliphatic carboxylic acids is 1. The number of rotatable bonds is 5. The Morgan fingerprint density at radius 3 is 2.17 bits per heavy atom. The fourth-order valence-corrected chi connectivity index (χ4v) is 5.47. The summed E-state index contributed by atoms with van der Waals surface area (Å²) in [7, 11) is 0. The van der Waals surface area contributed by atoms with Crippen molar-refractivity contribution in [2.75, 3.05) is 13.2 Å². The van der Waals surface area contributed by atoms with Crippen molar-refractivity contribution in [2.24, 2.45) is 0 Å². The third-order valence-corrected chi connectivity index (χ3v) is 7.12. The van der Waals surface area contributed by atoms with Gasteiger partial charge in [-0.25, -0.2) is 9.59 Å². The summed E-state index contributed by atoms with van der Waals surface area (Å²) >= 11 is 0. The standard InChI is InChI=1S/C28H25NO6/c30-26(31)25-24-15-29(23(27(34-24)35-25)14-17-8-2-1-3-9-17)28(32)33-16-22-20-12-6-4-10-18(20)19-11-5-7-13-21(19)22/h1-13,22-25,27H,14-16H2,(H,30,31)/t23-,24+,25-,27+/m1/s1. The molecule has 2 heterocycles. The Kier molecular flexibility index (Phi) is 5.51. The van der Waals surface area contributed by atoms with Crippen LogP contribution in [0.3, 0.4) is 0 Å². The summed E-state index contributed by atoms with van der Waals surface area (Å²) < 4.78 is 17.5. The van der Waals surface area contributed by atoms with Crippen LogP contribution in [0.2, 0.25) is 0 Å². The van der Waals surface area contributed by atoms with Crippen LogP contribution in [0.15, 0.2) is 78.9 Å². The van der Waals surface area contributed by atoms with Crippen LogP contribution >= 0.6 is 0 Å². The average molecular weight is 472 g/mol. The first-order chi connectivity index (χ1) is 17.1. The number of amides is 1. The van der Waals surface area contributed by atoms with Gasteiger partial charge in [-0.05, 0) is 34.2 Å². The Hall–Kier alpha value is -3.68. The minimum atomic E-state index is -1.11. The summed E-state index contributed by atoms with van der Waals surface area (Å²) in [5.41, 5.74) is 5.59. The maximum Gasteiger partial charge on any atom is 0.410 e. The second-order valence-corrected chi connectivity index (χ2v) is 9.15. The van der Waals surface area contributed by atoms with E-state index in [1.54, 1.807) is 4.90 Å². The van der Waals surface area contributed by atoms with E-state index in [4.69, 9.17) is 14.2 Å². The van der Waals surface area contributed by atoms with E-state index in [2.05, 4.69) is 24.3 Å². The number of nitrogens with zero attached hydrogens (tertiary/aromatic N) is 1. The average Bonchev–Trinajstić information content (AvgIpc) is 3.40. The molecule has 7 nitrogen and oxygen atoms in total. The highest BCUT2D eigenvalue weighted by Gasteiger charge is 2.52. The first-order valence-corrected chi connectivity index (χ1v) is 11.8. The molecule has 4 atom stereocenters. The normalized spacial score (nSPS) is 24.6. The molecule has 2 saturated heterocycles. The Morgan fingerprint density at radius 2 is 1.51 bits per heavy atom. The van der Waals surface area contributed by atoms with Gasteiger partial charge in [0.15, 0.2) is 12.4 Å². The van der Waals surface area contributed by atoms with E-state index in [1.807, 2.05) is 54.6 Å². The van der Waals surface area contributed by atoms with Gasteiger partial charge in [0.05, 0.1) is 12.6 Å². The number of carbonyl (C=O) groups excluding carboxylic acids is 1. The van der Waals surface area contributed by atoms with Gasteiger partial charge in [0.25, 0.3) is 0 Å². The lowest BCUT2D eigenvalue weighted by Crippen LogP contribution is -2.55. The second kappa shape index (κ2) is 8.83. The molecule has 0 spiro atoms. The number of hydrogen-bond donors (Lipinski definition) is 1. The van der Waals surface area contributed by atoms with Gasteiger partial charge < -0.3 is 19.3 Å². The van der Waals surface area contributed by atoms with Crippen molar-refractivity contribution in [3.8, 4) is 11.1 Å². The molecule has 2 bridgehead atoms. The molecule has 2 aliphatic heterocycles. The van der Waals surface area contributed by atoms with Crippen molar-refractivity contribution in [2.45, 2.75) is 36.9 Å². The number of ether oxygens (including phenoxy) is 3. The molecule has 0 saturated carbocycles. The highest BCUT2D eigenvalue weighted by Crippen LogP contribution is 2.44. The third-order valence-electron chi connectivity index (χ3n) is 7.12. The fraction of sp³-hybridized carbons (Fsp3) is 0.286. The number of carbonyl (C=O) groups is 2. The van der Waals surface area contributed by atoms with Gasteiger partial charge in [0.2, 0.25) is 0 Å². The molecule has 35 heavy (non-hydrogen) atoms. The van der Waals surface area contributed by atoms with Gasteiger partial charge in [0.1, 0.15) is 12.7 Å². The van der Waals surface area contributed by atoms with Crippen LogP contribution in [-0.2, 0) is 25.4 Å². The summed E-state index contributed by atoms with van der Waals surface area (Å²) in [4.78, 5) is 26.7. The highest BCUT2D eigenvalue weighted by atomic mass is 16.7. The Balaban J connectivity index is 1.24. The van der Waals surface area contributed by atoms with Gasteiger partial charge in [-0.1, -0.05) is 78.9 Å². The summed E-state index contributed by atoms with van der Waals surface area (Å²) in [6, 6.07) is 25.6. The summed E-state index contributed by atoms with van der Waals surface area (Å²) in [6.45, 7) is 0.294. The van der Waals surface area contributed by atoms with E-state index >= 15 is 0 Å². The van der Waals surface area contributed by atoms with E-state index < -0.39 is 36.6 Å². The second-order valence-electron chi connectivity index (χ2n) is 9.15. The van der Waals surface area contributed by atoms with Gasteiger partial charge in [-0.15, -0.1) is 0 Å². The van der Waals surface area contributed by atoms with Gasteiger partial charge in [-0.3, -0.25) is 4.90 Å². The first kappa shape index (κ1) is 21.8. The molecule has 3 aromatic rings. The summed E-state index contributed by atoms with van der Waals surface area (Å²) in [5.74, 6) is -1.15. The minimum absolute atomic E-state index is 0.0558. The van der Waals surface area contributed by atoms with Crippen LogP contribution in [0.4, 0.5) is 4.79 Å². The maximum atomic E-state index is 13.4. The molecule has 1 N–H and O–H groups in total. The van der Waals surface area contributed by atoms with Crippen LogP contribution in [0, 0.1) is 0 Å². The molecular formula is C28H25NO6. The van der Waals surface area contributed by atoms with Crippen molar-refractivity contribution in [3.63, 3.8) is 0 Å². The first-order valence-electron chi connectivity index (χ1n) is 11.8. The molecule has 7 heteroatoms. The van der Waals surface area contributed by atoms with Crippen LogP contribution < -0.4 is 0 Å². The van der Waals surface area contributed by atoms with Gasteiger partial charge in [0, 0.05) is 5.92 Å². The third kappa shape index (κ3) is 3.87. The van der Waals surface area contributed by atoms with E-state index in [1.165, 1.54) is 0 Å². The van der Waals surface area contributed by atoms with Crippen LogP contribution in [0.5, 0.6) is 0 Å². The van der Waals surface area contributed by atoms with Crippen molar-refractivity contribution >= 4 is 12.1 Å². The predicted molar refractivity (Wildman–Crippen MR) is 127 cm³/mol. The van der Waals surface area contributed by atoms with E-state index in [0.717, 1.165) is 27.8 Å². The Bertz CT molecular complexity index is 1220. The minimum Gasteiger partial charge on any atom is -0.479 e. The molecular weight excluding hydrogens is 446 g/mol. The topological polar surface area (TPSA) is 85.3 Å². The molecule has 3 aromatic carbocycles. The van der Waals surface area contributed by atoms with Gasteiger partial charge in [-0.2, -0.15) is 0 Å². The lowest BCUT2D eigenvalue weighted by molar-refractivity contribution is -0.155. The van der Waals surface area contributed by atoms with Crippen molar-refractivity contribution in [1.29, 1.82) is 0 Å². The van der Waals surface area contributed by atoms with Crippen molar-refractivity contribution < 1.29 is 28.9 Å². The monoisotopic (exact) mass is 471 g/mol. The zero-order valence-corrected chi connectivity index (χ0v) is 18.9. The Morgan fingerprint density at radius 1 is 0.886 bits per heavy atom. The molecule has 6 rings (SSSR count). The molecule has 0 aromatic heterocycles. The van der Waals surface area contributed by atoms with Crippen molar-refractivity contribution in [1.82, 2.24) is 4.90 Å². The molecule has 0 radical (unpaired) electrons. The molecule has 1 aliphatic carbocycles. The fourth-order valence-electron chi connectivity index (χ4n) is 5.47.